The average molecular weight is 289 g/mol. The lowest BCUT2D eigenvalue weighted by molar-refractivity contribution is -0.138. The Morgan fingerprint density at radius 1 is 1.32 bits per heavy atom. The average Bonchev–Trinajstić information content (AvgIpc) is 2.42. The lowest BCUT2D eigenvalue weighted by atomic mass is 10.2. The number of nitrogens with zero attached hydrogens (tertiary/aromatic N) is 2. The molecule has 0 aromatic carbocycles. The zero-order chi connectivity index (χ0) is 14.3. The summed E-state index contributed by atoms with van der Waals surface area (Å²) < 4.78 is 0. The Morgan fingerprint density at radius 2 is 1.95 bits per heavy atom. The quantitative estimate of drug-likeness (QED) is 0.668. The molecule has 1 atom stereocenters. The van der Waals surface area contributed by atoms with E-state index in [1.54, 1.807) is 16.7 Å². The van der Waals surface area contributed by atoms with Crippen LogP contribution >= 0.6 is 11.8 Å². The van der Waals surface area contributed by atoms with Crippen molar-refractivity contribution in [3.05, 3.63) is 0 Å². The maximum absolute atomic E-state index is 12.1. The normalized spacial score (nSPS) is 18.3. The van der Waals surface area contributed by atoms with Gasteiger partial charge in [-0.05, 0) is 18.4 Å². The first-order valence-electron chi connectivity index (χ1n) is 6.52. The molecule has 1 heterocycles. The first-order valence-corrected chi connectivity index (χ1v) is 7.91. The molecule has 1 aliphatic rings. The molecule has 1 rings (SSSR count). The first-order chi connectivity index (χ1) is 9.04. The van der Waals surface area contributed by atoms with Gasteiger partial charge in [0.1, 0.15) is 0 Å². The predicted molar refractivity (Wildman–Crippen MR) is 76.2 cm³/mol. The summed E-state index contributed by atoms with van der Waals surface area (Å²) in [6, 6.07) is -0.405. The van der Waals surface area contributed by atoms with Gasteiger partial charge in [-0.1, -0.05) is 0 Å². The third-order valence-electron chi connectivity index (χ3n) is 3.28. The summed E-state index contributed by atoms with van der Waals surface area (Å²) in [5, 5.41) is 8.63. The number of rotatable bonds is 7. The largest absolute Gasteiger partial charge is 0.481 e. The van der Waals surface area contributed by atoms with Crippen LogP contribution in [0.3, 0.4) is 0 Å². The molecular formula is C12H23N3O3S. The first kappa shape index (κ1) is 16.3. The number of aliphatic carboxylic acids is 1. The molecule has 7 heteroatoms. The lowest BCUT2D eigenvalue weighted by Gasteiger charge is -2.35. The fourth-order valence-corrected chi connectivity index (χ4v) is 2.54. The van der Waals surface area contributed by atoms with Crippen molar-refractivity contribution in [2.24, 2.45) is 5.73 Å². The van der Waals surface area contributed by atoms with E-state index in [1.807, 2.05) is 6.26 Å². The van der Waals surface area contributed by atoms with Gasteiger partial charge in [0.15, 0.2) is 0 Å². The van der Waals surface area contributed by atoms with Crippen LogP contribution in [0, 0.1) is 0 Å². The van der Waals surface area contributed by atoms with Crippen LogP contribution in [0.5, 0.6) is 0 Å². The molecule has 0 aromatic heterocycles. The summed E-state index contributed by atoms with van der Waals surface area (Å²) in [6.07, 6.45) is 2.86. The Morgan fingerprint density at radius 3 is 2.47 bits per heavy atom. The zero-order valence-corrected chi connectivity index (χ0v) is 12.2. The molecule has 0 bridgehead atoms. The van der Waals surface area contributed by atoms with E-state index < -0.39 is 12.0 Å². The third-order valence-corrected chi connectivity index (χ3v) is 3.92. The van der Waals surface area contributed by atoms with Crippen molar-refractivity contribution in [2.45, 2.75) is 18.9 Å². The summed E-state index contributed by atoms with van der Waals surface area (Å²) in [5.74, 6) is 0.135. The van der Waals surface area contributed by atoms with Gasteiger partial charge >= 0.3 is 5.97 Å². The summed E-state index contributed by atoms with van der Waals surface area (Å²) in [4.78, 5) is 26.4. The van der Waals surface area contributed by atoms with E-state index in [2.05, 4.69) is 4.90 Å². The molecule has 0 aliphatic carbocycles. The van der Waals surface area contributed by atoms with Crippen molar-refractivity contribution < 1.29 is 14.7 Å². The Labute approximate surface area is 118 Å². The number of carboxylic acid groups (broad SMARTS) is 1. The highest BCUT2D eigenvalue weighted by molar-refractivity contribution is 7.98. The maximum atomic E-state index is 12.1. The topological polar surface area (TPSA) is 86.9 Å². The monoisotopic (exact) mass is 289 g/mol. The molecule has 1 amide bonds. The van der Waals surface area contributed by atoms with Crippen LogP contribution in [-0.2, 0) is 9.59 Å². The Balaban J connectivity index is 2.28. The minimum atomic E-state index is -0.780. The number of carboxylic acids is 1. The fraction of sp³-hybridized carbons (Fsp3) is 0.833. The highest BCUT2D eigenvalue weighted by Gasteiger charge is 2.24. The zero-order valence-electron chi connectivity index (χ0n) is 11.4. The number of amides is 1. The van der Waals surface area contributed by atoms with Crippen LogP contribution in [-0.4, -0.2) is 77.6 Å². The summed E-state index contributed by atoms with van der Waals surface area (Å²) >= 11 is 1.69. The molecule has 0 saturated carbocycles. The van der Waals surface area contributed by atoms with Gasteiger partial charge in [-0.25, -0.2) is 0 Å². The van der Waals surface area contributed by atoms with Gasteiger partial charge in [-0.2, -0.15) is 11.8 Å². The van der Waals surface area contributed by atoms with E-state index in [9.17, 15) is 9.59 Å². The van der Waals surface area contributed by atoms with Crippen LogP contribution in [0.2, 0.25) is 0 Å². The molecule has 3 N–H and O–H groups in total. The molecule has 1 saturated heterocycles. The summed E-state index contributed by atoms with van der Waals surface area (Å²) in [5.41, 5.74) is 5.87. The van der Waals surface area contributed by atoms with Crippen molar-refractivity contribution in [2.75, 3.05) is 44.7 Å². The highest BCUT2D eigenvalue weighted by atomic mass is 32.2. The SMILES string of the molecule is CSCC[C@@H](N)C(=O)N1CCN(CCC(=O)O)CC1. The van der Waals surface area contributed by atoms with Crippen LogP contribution in [0.4, 0.5) is 0 Å². The Hall–Kier alpha value is -0.790. The summed E-state index contributed by atoms with van der Waals surface area (Å²) in [7, 11) is 0. The molecule has 0 spiro atoms. The van der Waals surface area contributed by atoms with Gasteiger partial charge in [0.2, 0.25) is 5.91 Å². The van der Waals surface area contributed by atoms with Gasteiger partial charge in [0.25, 0.3) is 0 Å². The number of thioether (sulfide) groups is 1. The van der Waals surface area contributed by atoms with Crippen LogP contribution in [0.15, 0.2) is 0 Å². The van der Waals surface area contributed by atoms with E-state index >= 15 is 0 Å². The van der Waals surface area contributed by atoms with Gasteiger partial charge in [0, 0.05) is 32.7 Å². The highest BCUT2D eigenvalue weighted by Crippen LogP contribution is 2.07. The van der Waals surface area contributed by atoms with E-state index in [-0.39, 0.29) is 12.3 Å². The van der Waals surface area contributed by atoms with Crippen molar-refractivity contribution in [3.63, 3.8) is 0 Å². The van der Waals surface area contributed by atoms with Crippen LogP contribution < -0.4 is 5.73 Å². The lowest BCUT2D eigenvalue weighted by Crippen LogP contribution is -2.53. The molecule has 19 heavy (non-hydrogen) atoms. The molecular weight excluding hydrogens is 266 g/mol. The summed E-state index contributed by atoms with van der Waals surface area (Å²) in [6.45, 7) is 3.30. The number of piperazine rings is 1. The second kappa shape index (κ2) is 8.39. The van der Waals surface area contributed by atoms with Crippen molar-refractivity contribution in [1.29, 1.82) is 0 Å². The van der Waals surface area contributed by atoms with Gasteiger partial charge in [-0.3, -0.25) is 14.5 Å². The molecule has 1 fully saturated rings. The molecule has 6 nitrogen and oxygen atoms in total. The number of hydrogen-bond acceptors (Lipinski definition) is 5. The second-order valence-electron chi connectivity index (χ2n) is 4.70. The van der Waals surface area contributed by atoms with Crippen molar-refractivity contribution >= 4 is 23.6 Å². The van der Waals surface area contributed by atoms with Gasteiger partial charge in [-0.15, -0.1) is 0 Å². The van der Waals surface area contributed by atoms with E-state index in [0.29, 0.717) is 26.1 Å². The number of carbonyl (C=O) groups excluding carboxylic acids is 1. The molecule has 0 radical (unpaired) electrons. The maximum Gasteiger partial charge on any atom is 0.304 e. The third kappa shape index (κ3) is 5.80. The van der Waals surface area contributed by atoms with E-state index in [1.165, 1.54) is 0 Å². The smallest absolute Gasteiger partial charge is 0.304 e. The number of hydrogen-bond donors (Lipinski definition) is 2. The molecule has 1 aliphatic heterocycles. The predicted octanol–water partition coefficient (Wildman–Crippen LogP) is -0.314. The van der Waals surface area contributed by atoms with Gasteiger partial charge < -0.3 is 15.7 Å². The molecule has 0 unspecified atom stereocenters. The standard InChI is InChI=1S/C12H23N3O3S/c1-19-9-3-10(13)12(18)15-7-5-14(6-8-15)4-2-11(16)17/h10H,2-9,13H2,1H3,(H,16,17)/t10-/m1/s1. The minimum absolute atomic E-state index is 0.0203. The molecule has 0 aromatic rings. The Kier molecular flexibility index (Phi) is 7.19. The number of nitrogens with two attached hydrogens (primary N) is 1. The van der Waals surface area contributed by atoms with E-state index in [4.69, 9.17) is 10.8 Å². The van der Waals surface area contributed by atoms with Crippen molar-refractivity contribution in [3.8, 4) is 0 Å². The minimum Gasteiger partial charge on any atom is -0.481 e. The van der Waals surface area contributed by atoms with Gasteiger partial charge in [0.05, 0.1) is 12.5 Å². The van der Waals surface area contributed by atoms with Crippen LogP contribution in [0.1, 0.15) is 12.8 Å². The molecule has 110 valence electrons. The van der Waals surface area contributed by atoms with Crippen LogP contribution in [0.25, 0.3) is 0 Å². The van der Waals surface area contributed by atoms with E-state index in [0.717, 1.165) is 18.8 Å². The van der Waals surface area contributed by atoms with Crippen molar-refractivity contribution in [1.82, 2.24) is 9.80 Å². The Bertz CT molecular complexity index is 307. The fourth-order valence-electron chi connectivity index (χ4n) is 2.05. The number of carbonyl (C=O) groups is 2. The second-order valence-corrected chi connectivity index (χ2v) is 5.68.